The minimum atomic E-state index is 0.141. The number of nitrogens with zero attached hydrogens (tertiary/aromatic N) is 1. The molecule has 0 bridgehead atoms. The Morgan fingerprint density at radius 2 is 1.47 bits per heavy atom. The van der Waals surface area contributed by atoms with Crippen LogP contribution in [-0.2, 0) is 6.61 Å². The first kappa shape index (κ1) is 23.7. The smallest absolute Gasteiger partial charge is 0.150 e. The Bertz CT molecular complexity index is 959. The van der Waals surface area contributed by atoms with Crippen LogP contribution in [0, 0.1) is 0 Å². The van der Waals surface area contributed by atoms with E-state index in [1.54, 1.807) is 0 Å². The van der Waals surface area contributed by atoms with Crippen LogP contribution in [0.3, 0.4) is 0 Å². The maximum Gasteiger partial charge on any atom is 0.150 e. The molecule has 0 aliphatic heterocycles. The zero-order chi connectivity index (χ0) is 22.9. The molecule has 0 saturated carbocycles. The summed E-state index contributed by atoms with van der Waals surface area (Å²) in [6, 6.07) is 27.5. The van der Waals surface area contributed by atoms with Crippen LogP contribution in [0.2, 0.25) is 0 Å². The topological polar surface area (TPSA) is 29.5 Å². The third-order valence-corrected chi connectivity index (χ3v) is 5.99. The molecule has 0 heterocycles. The summed E-state index contributed by atoms with van der Waals surface area (Å²) in [6.07, 6.45) is 1.87. The Morgan fingerprint density at radius 3 is 2.06 bits per heavy atom. The molecule has 0 N–H and O–H groups in total. The van der Waals surface area contributed by atoms with Gasteiger partial charge in [0.2, 0.25) is 0 Å². The summed E-state index contributed by atoms with van der Waals surface area (Å²) in [5, 5.41) is 0. The van der Waals surface area contributed by atoms with E-state index < -0.39 is 0 Å². The van der Waals surface area contributed by atoms with Crippen molar-refractivity contribution >= 4 is 6.29 Å². The fourth-order valence-corrected chi connectivity index (χ4v) is 4.36. The van der Waals surface area contributed by atoms with Crippen LogP contribution < -0.4 is 4.74 Å². The van der Waals surface area contributed by atoms with E-state index in [1.165, 1.54) is 5.56 Å². The van der Waals surface area contributed by atoms with Gasteiger partial charge in [0.05, 0.1) is 0 Å². The standard InChI is InChI=1S/C29H35NO2/c1-22(2)30(23(3)4)18-17-27(26-13-9-6-10-14-26)28-19-25(20-31)15-16-29(28)32-21-24-11-7-5-8-12-24/h5-16,19-20,22-23,27H,17-18,21H2,1-4H3. The molecule has 1 atom stereocenters. The Balaban J connectivity index is 1.95. The first-order valence-corrected chi connectivity index (χ1v) is 11.6. The first-order valence-electron chi connectivity index (χ1n) is 11.6. The van der Waals surface area contributed by atoms with Crippen LogP contribution in [0.4, 0.5) is 0 Å². The second-order valence-electron chi connectivity index (χ2n) is 8.87. The Hall–Kier alpha value is -2.91. The molecule has 0 radical (unpaired) electrons. The first-order chi connectivity index (χ1) is 15.5. The van der Waals surface area contributed by atoms with Gasteiger partial charge in [0, 0.05) is 29.1 Å². The number of hydrogen-bond donors (Lipinski definition) is 0. The van der Waals surface area contributed by atoms with E-state index in [9.17, 15) is 4.79 Å². The fraction of sp³-hybridized carbons (Fsp3) is 0.345. The van der Waals surface area contributed by atoms with Gasteiger partial charge in [-0.1, -0.05) is 60.7 Å². The van der Waals surface area contributed by atoms with E-state index in [-0.39, 0.29) is 5.92 Å². The summed E-state index contributed by atoms with van der Waals surface area (Å²) in [5.74, 6) is 0.982. The summed E-state index contributed by atoms with van der Waals surface area (Å²) >= 11 is 0. The van der Waals surface area contributed by atoms with Crippen molar-refractivity contribution < 1.29 is 9.53 Å². The van der Waals surface area contributed by atoms with E-state index in [0.717, 1.165) is 36.1 Å². The number of ether oxygens (including phenoxy) is 1. The van der Waals surface area contributed by atoms with Gasteiger partial charge in [-0.25, -0.2) is 0 Å². The van der Waals surface area contributed by atoms with E-state index in [2.05, 4.69) is 69.0 Å². The molecule has 0 aliphatic rings. The van der Waals surface area contributed by atoms with Crippen molar-refractivity contribution in [3.63, 3.8) is 0 Å². The maximum absolute atomic E-state index is 11.6. The Labute approximate surface area is 193 Å². The number of rotatable bonds is 11. The molecule has 32 heavy (non-hydrogen) atoms. The lowest BCUT2D eigenvalue weighted by Gasteiger charge is -2.32. The molecule has 0 saturated heterocycles. The highest BCUT2D eigenvalue weighted by Gasteiger charge is 2.22. The van der Waals surface area contributed by atoms with Gasteiger partial charge in [0.25, 0.3) is 0 Å². The highest BCUT2D eigenvalue weighted by atomic mass is 16.5. The number of carbonyl (C=O) groups is 1. The molecule has 0 aliphatic carbocycles. The zero-order valence-electron chi connectivity index (χ0n) is 19.7. The zero-order valence-corrected chi connectivity index (χ0v) is 19.7. The summed E-state index contributed by atoms with van der Waals surface area (Å²) in [4.78, 5) is 14.1. The number of benzene rings is 3. The number of hydrogen-bond acceptors (Lipinski definition) is 3. The molecule has 0 spiro atoms. The Kier molecular flexibility index (Phi) is 8.64. The normalized spacial score (nSPS) is 12.3. The maximum atomic E-state index is 11.6. The molecular formula is C29H35NO2. The number of aldehydes is 1. The molecule has 3 aromatic rings. The van der Waals surface area contributed by atoms with Crippen molar-refractivity contribution in [2.45, 2.75) is 58.7 Å². The lowest BCUT2D eigenvalue weighted by molar-refractivity contribution is 0.112. The predicted molar refractivity (Wildman–Crippen MR) is 132 cm³/mol. The second-order valence-corrected chi connectivity index (χ2v) is 8.87. The highest BCUT2D eigenvalue weighted by molar-refractivity contribution is 5.76. The highest BCUT2D eigenvalue weighted by Crippen LogP contribution is 2.36. The molecule has 0 aromatic heterocycles. The van der Waals surface area contributed by atoms with Crippen LogP contribution in [0.1, 0.15) is 67.1 Å². The summed E-state index contributed by atoms with van der Waals surface area (Å²) in [7, 11) is 0. The van der Waals surface area contributed by atoms with Gasteiger partial charge in [-0.2, -0.15) is 0 Å². The van der Waals surface area contributed by atoms with E-state index in [4.69, 9.17) is 4.74 Å². The lowest BCUT2D eigenvalue weighted by atomic mass is 9.86. The molecule has 0 fully saturated rings. The molecule has 1 unspecified atom stereocenters. The molecule has 3 aromatic carbocycles. The van der Waals surface area contributed by atoms with Gasteiger partial charge < -0.3 is 4.74 Å². The molecule has 168 valence electrons. The third-order valence-electron chi connectivity index (χ3n) is 5.99. The van der Waals surface area contributed by atoms with Gasteiger partial charge in [0.1, 0.15) is 18.6 Å². The monoisotopic (exact) mass is 429 g/mol. The SMILES string of the molecule is CC(C)N(CCC(c1ccccc1)c1cc(C=O)ccc1OCc1ccccc1)C(C)C. The lowest BCUT2D eigenvalue weighted by Crippen LogP contribution is -2.38. The third kappa shape index (κ3) is 6.30. The van der Waals surface area contributed by atoms with Crippen molar-refractivity contribution in [2.24, 2.45) is 0 Å². The van der Waals surface area contributed by atoms with Crippen molar-refractivity contribution in [3.8, 4) is 5.75 Å². The summed E-state index contributed by atoms with van der Waals surface area (Å²) in [6.45, 7) is 10.5. The molecular weight excluding hydrogens is 394 g/mol. The van der Waals surface area contributed by atoms with Crippen molar-refractivity contribution in [3.05, 3.63) is 101 Å². The fourth-order valence-electron chi connectivity index (χ4n) is 4.36. The summed E-state index contributed by atoms with van der Waals surface area (Å²) in [5.41, 5.74) is 4.12. The minimum absolute atomic E-state index is 0.141. The van der Waals surface area contributed by atoms with Crippen LogP contribution in [-0.4, -0.2) is 29.8 Å². The van der Waals surface area contributed by atoms with E-state index in [0.29, 0.717) is 24.3 Å². The average molecular weight is 430 g/mol. The van der Waals surface area contributed by atoms with Gasteiger partial charge in [-0.3, -0.25) is 9.69 Å². The molecule has 0 amide bonds. The molecule has 3 heteroatoms. The van der Waals surface area contributed by atoms with Crippen LogP contribution in [0.5, 0.6) is 5.75 Å². The van der Waals surface area contributed by atoms with Crippen molar-refractivity contribution in [2.75, 3.05) is 6.54 Å². The number of carbonyl (C=O) groups excluding carboxylic acids is 1. The second kappa shape index (κ2) is 11.6. The van der Waals surface area contributed by atoms with Crippen molar-refractivity contribution in [1.29, 1.82) is 0 Å². The Morgan fingerprint density at radius 1 is 0.844 bits per heavy atom. The van der Waals surface area contributed by atoms with E-state index in [1.807, 2.05) is 42.5 Å². The minimum Gasteiger partial charge on any atom is -0.489 e. The quantitative estimate of drug-likeness (QED) is 0.317. The summed E-state index contributed by atoms with van der Waals surface area (Å²) < 4.78 is 6.30. The predicted octanol–water partition coefficient (Wildman–Crippen LogP) is 6.72. The molecule has 3 rings (SSSR count). The van der Waals surface area contributed by atoms with Crippen molar-refractivity contribution in [1.82, 2.24) is 4.90 Å². The van der Waals surface area contributed by atoms with E-state index >= 15 is 0 Å². The van der Waals surface area contributed by atoms with Gasteiger partial charge >= 0.3 is 0 Å². The van der Waals surface area contributed by atoms with Crippen LogP contribution >= 0.6 is 0 Å². The van der Waals surface area contributed by atoms with Gasteiger partial charge in [-0.05, 0) is 70.0 Å². The van der Waals surface area contributed by atoms with Crippen LogP contribution in [0.25, 0.3) is 0 Å². The largest absolute Gasteiger partial charge is 0.489 e. The average Bonchev–Trinajstić information content (AvgIpc) is 2.81. The van der Waals surface area contributed by atoms with Gasteiger partial charge in [0.15, 0.2) is 0 Å². The van der Waals surface area contributed by atoms with Crippen LogP contribution in [0.15, 0.2) is 78.9 Å². The molecule has 3 nitrogen and oxygen atoms in total. The van der Waals surface area contributed by atoms with Gasteiger partial charge in [-0.15, -0.1) is 0 Å².